The molecule has 1 aromatic rings. The average molecular weight is 385 g/mol. The molecule has 1 aliphatic carbocycles. The van der Waals surface area contributed by atoms with Gasteiger partial charge in [0.1, 0.15) is 12.3 Å². The van der Waals surface area contributed by atoms with Crippen LogP contribution in [-0.2, 0) is 22.6 Å². The molecule has 0 saturated heterocycles. The van der Waals surface area contributed by atoms with Crippen molar-refractivity contribution in [3.8, 4) is 5.75 Å². The number of rotatable bonds is 6. The highest BCUT2D eigenvalue weighted by Crippen LogP contribution is 2.36. The topological polar surface area (TPSA) is 49.9 Å². The van der Waals surface area contributed by atoms with Crippen LogP contribution in [0.25, 0.3) is 0 Å². The number of ether oxygens (including phenoxy) is 1. The molecule has 1 atom stereocenters. The van der Waals surface area contributed by atoms with E-state index in [-0.39, 0.29) is 24.4 Å². The molecule has 5 heteroatoms. The van der Waals surface area contributed by atoms with Crippen molar-refractivity contribution in [1.82, 2.24) is 9.80 Å². The maximum Gasteiger partial charge on any atom is 0.246 e. The zero-order chi connectivity index (χ0) is 20.1. The van der Waals surface area contributed by atoms with E-state index in [1.54, 1.807) is 12.0 Å². The third-order valence-electron chi connectivity index (χ3n) is 6.29. The van der Waals surface area contributed by atoms with E-state index < -0.39 is 0 Å². The van der Waals surface area contributed by atoms with Crippen LogP contribution in [0.4, 0.5) is 0 Å². The summed E-state index contributed by atoms with van der Waals surface area (Å²) in [4.78, 5) is 28.9. The first-order valence-corrected chi connectivity index (χ1v) is 10.4. The van der Waals surface area contributed by atoms with Crippen molar-refractivity contribution in [2.45, 2.75) is 58.0 Å². The lowest BCUT2D eigenvalue weighted by Gasteiger charge is -2.43. The summed E-state index contributed by atoms with van der Waals surface area (Å²) in [7, 11) is 1.67. The van der Waals surface area contributed by atoms with Crippen LogP contribution in [0.1, 0.15) is 50.2 Å². The third-order valence-corrected chi connectivity index (χ3v) is 6.29. The van der Waals surface area contributed by atoms with Crippen LogP contribution in [-0.4, -0.2) is 47.9 Å². The van der Waals surface area contributed by atoms with Gasteiger partial charge >= 0.3 is 0 Å². The standard InChI is InChI=1S/C23H32N2O3/c1-4-22(26)24(5-2)16-23(27)25-15-19-13-20(28-3)12-11-18(19)14-21(25)17-9-7-6-8-10-17/h4,11-13,17,21H,1,5-10,14-16H2,2-3H3. The number of nitrogens with zero attached hydrogens (tertiary/aromatic N) is 2. The molecule has 28 heavy (non-hydrogen) atoms. The summed E-state index contributed by atoms with van der Waals surface area (Å²) < 4.78 is 5.38. The van der Waals surface area contributed by atoms with Crippen LogP contribution < -0.4 is 4.74 Å². The number of hydrogen-bond donors (Lipinski definition) is 0. The van der Waals surface area contributed by atoms with E-state index in [1.807, 2.05) is 24.0 Å². The van der Waals surface area contributed by atoms with Crippen LogP contribution in [0.3, 0.4) is 0 Å². The molecule has 0 bridgehead atoms. The second-order valence-corrected chi connectivity index (χ2v) is 7.88. The first-order chi connectivity index (χ1) is 13.6. The van der Waals surface area contributed by atoms with E-state index in [0.717, 1.165) is 17.7 Å². The minimum Gasteiger partial charge on any atom is -0.497 e. The van der Waals surface area contributed by atoms with E-state index in [2.05, 4.69) is 12.6 Å². The quantitative estimate of drug-likeness (QED) is 0.705. The van der Waals surface area contributed by atoms with Gasteiger partial charge in [-0.1, -0.05) is 31.9 Å². The summed E-state index contributed by atoms with van der Waals surface area (Å²) in [6.07, 6.45) is 8.32. The normalized spacial score (nSPS) is 19.6. The molecule has 2 aliphatic rings. The summed E-state index contributed by atoms with van der Waals surface area (Å²) in [5, 5.41) is 0. The first kappa shape index (κ1) is 20.4. The molecule has 1 aromatic carbocycles. The van der Waals surface area contributed by atoms with Gasteiger partial charge in [0.25, 0.3) is 0 Å². The molecule has 3 rings (SSSR count). The van der Waals surface area contributed by atoms with Crippen LogP contribution in [0.2, 0.25) is 0 Å². The van der Waals surface area contributed by atoms with Crippen molar-refractivity contribution in [2.75, 3.05) is 20.2 Å². The lowest BCUT2D eigenvalue weighted by molar-refractivity contribution is -0.141. The lowest BCUT2D eigenvalue weighted by atomic mass is 9.78. The van der Waals surface area contributed by atoms with Gasteiger partial charge in [-0.05, 0) is 61.4 Å². The van der Waals surface area contributed by atoms with Gasteiger partial charge < -0.3 is 14.5 Å². The molecule has 1 fully saturated rings. The molecule has 1 heterocycles. The molecule has 1 aliphatic heterocycles. The third kappa shape index (κ3) is 4.40. The predicted octanol–water partition coefficient (Wildman–Crippen LogP) is 3.56. The minimum absolute atomic E-state index is 0.0288. The van der Waals surface area contributed by atoms with Crippen molar-refractivity contribution < 1.29 is 14.3 Å². The largest absolute Gasteiger partial charge is 0.497 e. The fourth-order valence-electron chi connectivity index (χ4n) is 4.65. The van der Waals surface area contributed by atoms with Crippen LogP contribution in [0, 0.1) is 5.92 Å². The lowest BCUT2D eigenvalue weighted by Crippen LogP contribution is -2.52. The molecular formula is C23H32N2O3. The first-order valence-electron chi connectivity index (χ1n) is 10.4. The number of amides is 2. The van der Waals surface area contributed by atoms with Crippen molar-refractivity contribution in [3.05, 3.63) is 42.0 Å². The zero-order valence-electron chi connectivity index (χ0n) is 17.2. The van der Waals surface area contributed by atoms with E-state index in [4.69, 9.17) is 4.74 Å². The van der Waals surface area contributed by atoms with Gasteiger partial charge in [0.15, 0.2) is 0 Å². The Morgan fingerprint density at radius 2 is 2.00 bits per heavy atom. The number of methoxy groups -OCH3 is 1. The van der Waals surface area contributed by atoms with Crippen LogP contribution >= 0.6 is 0 Å². The second-order valence-electron chi connectivity index (χ2n) is 7.88. The van der Waals surface area contributed by atoms with Gasteiger partial charge in [-0.15, -0.1) is 0 Å². The zero-order valence-corrected chi connectivity index (χ0v) is 17.2. The number of benzene rings is 1. The number of likely N-dealkylation sites (N-methyl/N-ethyl adjacent to an activating group) is 1. The fraction of sp³-hybridized carbons (Fsp3) is 0.565. The van der Waals surface area contributed by atoms with Gasteiger partial charge in [0.2, 0.25) is 11.8 Å². The molecular weight excluding hydrogens is 352 g/mol. The number of carbonyl (C=O) groups is 2. The molecule has 5 nitrogen and oxygen atoms in total. The maximum atomic E-state index is 13.3. The fourth-order valence-corrected chi connectivity index (χ4v) is 4.65. The molecule has 0 spiro atoms. The molecule has 2 amide bonds. The SMILES string of the molecule is C=CC(=O)N(CC)CC(=O)N1Cc2cc(OC)ccc2CC1C1CCCCC1. The van der Waals surface area contributed by atoms with Crippen LogP contribution in [0.15, 0.2) is 30.9 Å². The Morgan fingerprint density at radius 1 is 1.25 bits per heavy atom. The van der Waals surface area contributed by atoms with Crippen molar-refractivity contribution in [1.29, 1.82) is 0 Å². The smallest absolute Gasteiger partial charge is 0.246 e. The summed E-state index contributed by atoms with van der Waals surface area (Å²) in [5.74, 6) is 1.20. The summed E-state index contributed by atoms with van der Waals surface area (Å²) >= 11 is 0. The molecule has 1 unspecified atom stereocenters. The van der Waals surface area contributed by atoms with Crippen molar-refractivity contribution in [2.24, 2.45) is 5.92 Å². The van der Waals surface area contributed by atoms with Gasteiger partial charge in [-0.2, -0.15) is 0 Å². The Balaban J connectivity index is 1.85. The Morgan fingerprint density at radius 3 is 2.64 bits per heavy atom. The molecule has 152 valence electrons. The van der Waals surface area contributed by atoms with Crippen molar-refractivity contribution in [3.63, 3.8) is 0 Å². The predicted molar refractivity (Wildman–Crippen MR) is 110 cm³/mol. The Bertz CT molecular complexity index is 725. The summed E-state index contributed by atoms with van der Waals surface area (Å²) in [6.45, 7) is 6.66. The highest BCUT2D eigenvalue weighted by Gasteiger charge is 2.36. The van der Waals surface area contributed by atoms with Gasteiger partial charge in [0, 0.05) is 19.1 Å². The number of carbonyl (C=O) groups excluding carboxylic acids is 2. The van der Waals surface area contributed by atoms with E-state index >= 15 is 0 Å². The molecule has 0 radical (unpaired) electrons. The Hall–Kier alpha value is -2.30. The van der Waals surface area contributed by atoms with E-state index in [9.17, 15) is 9.59 Å². The van der Waals surface area contributed by atoms with Gasteiger partial charge in [0.05, 0.1) is 7.11 Å². The Labute approximate surface area is 168 Å². The number of fused-ring (bicyclic) bond motifs is 1. The second kappa shape index (κ2) is 9.26. The van der Waals surface area contributed by atoms with Gasteiger partial charge in [-0.25, -0.2) is 0 Å². The molecule has 0 aromatic heterocycles. The summed E-state index contributed by atoms with van der Waals surface area (Å²) in [6, 6.07) is 6.41. The number of hydrogen-bond acceptors (Lipinski definition) is 3. The highest BCUT2D eigenvalue weighted by atomic mass is 16.5. The van der Waals surface area contributed by atoms with Crippen molar-refractivity contribution >= 4 is 11.8 Å². The summed E-state index contributed by atoms with van der Waals surface area (Å²) in [5.41, 5.74) is 2.47. The van der Waals surface area contributed by atoms with Gasteiger partial charge in [-0.3, -0.25) is 9.59 Å². The molecule has 1 saturated carbocycles. The minimum atomic E-state index is -0.191. The van der Waals surface area contributed by atoms with E-state index in [1.165, 1.54) is 43.7 Å². The highest BCUT2D eigenvalue weighted by molar-refractivity contribution is 5.91. The average Bonchev–Trinajstić information content (AvgIpc) is 2.75. The van der Waals surface area contributed by atoms with Crippen LogP contribution in [0.5, 0.6) is 5.75 Å². The Kier molecular flexibility index (Phi) is 6.76. The molecule has 0 N–H and O–H groups in total. The van der Waals surface area contributed by atoms with E-state index in [0.29, 0.717) is 19.0 Å². The monoisotopic (exact) mass is 384 g/mol. The maximum absolute atomic E-state index is 13.3.